The molecule has 1 fully saturated rings. The van der Waals surface area contributed by atoms with Gasteiger partial charge in [0.1, 0.15) is 11.4 Å². The average molecular weight is 444 g/mol. The van der Waals surface area contributed by atoms with Crippen molar-refractivity contribution in [3.05, 3.63) is 28.5 Å². The highest BCUT2D eigenvalue weighted by molar-refractivity contribution is 9.10. The molecule has 0 saturated carbocycles. The molecule has 1 aromatic carbocycles. The largest absolute Gasteiger partial charge is 0.444 e. The average Bonchev–Trinajstić information content (AvgIpc) is 2.55. The van der Waals surface area contributed by atoms with Gasteiger partial charge in [-0.2, -0.15) is 0 Å². The Hall–Kier alpha value is -1.67. The minimum Gasteiger partial charge on any atom is -0.444 e. The van der Waals surface area contributed by atoms with E-state index in [0.717, 1.165) is 25.9 Å². The Labute approximate surface area is 167 Å². The number of nitrogens with zero attached hydrogens (tertiary/aromatic N) is 1. The number of nitrogens with one attached hydrogen (secondary N) is 2. The van der Waals surface area contributed by atoms with E-state index >= 15 is 0 Å². The summed E-state index contributed by atoms with van der Waals surface area (Å²) in [6, 6.07) is 4.62. The number of carbonyl (C=O) groups is 2. The van der Waals surface area contributed by atoms with Crippen molar-refractivity contribution in [1.29, 1.82) is 0 Å². The highest BCUT2D eigenvalue weighted by atomic mass is 79.9. The van der Waals surface area contributed by atoms with E-state index in [9.17, 15) is 14.0 Å². The van der Waals surface area contributed by atoms with Crippen LogP contribution in [0.15, 0.2) is 22.7 Å². The lowest BCUT2D eigenvalue weighted by Crippen LogP contribution is -2.46. The molecule has 2 N–H and O–H groups in total. The van der Waals surface area contributed by atoms with Crippen molar-refractivity contribution in [2.45, 2.75) is 51.7 Å². The molecular formula is C19H27BrFN3O3. The van der Waals surface area contributed by atoms with Gasteiger partial charge in [-0.1, -0.05) is 15.9 Å². The summed E-state index contributed by atoms with van der Waals surface area (Å²) in [6.07, 6.45) is 1.52. The zero-order chi connectivity index (χ0) is 20.0. The molecule has 2 amide bonds. The Balaban J connectivity index is 1.68. The van der Waals surface area contributed by atoms with Gasteiger partial charge in [-0.3, -0.25) is 4.79 Å². The molecule has 0 aliphatic carbocycles. The summed E-state index contributed by atoms with van der Waals surface area (Å²) in [5, 5.41) is 5.49. The number of alkyl carbamates (subject to hydrolysis) is 1. The molecule has 27 heavy (non-hydrogen) atoms. The summed E-state index contributed by atoms with van der Waals surface area (Å²) in [5.41, 5.74) is -0.324. The summed E-state index contributed by atoms with van der Waals surface area (Å²) in [6.45, 7) is 7.69. The smallest absolute Gasteiger partial charge is 0.407 e. The lowest BCUT2D eigenvalue weighted by molar-refractivity contribution is -0.116. The van der Waals surface area contributed by atoms with Gasteiger partial charge in [0.05, 0.1) is 5.69 Å². The van der Waals surface area contributed by atoms with Gasteiger partial charge in [-0.15, -0.1) is 0 Å². The Morgan fingerprint density at radius 3 is 2.56 bits per heavy atom. The van der Waals surface area contributed by atoms with Crippen LogP contribution >= 0.6 is 15.9 Å². The minimum absolute atomic E-state index is 0.0850. The van der Waals surface area contributed by atoms with E-state index in [2.05, 4.69) is 31.5 Å². The van der Waals surface area contributed by atoms with Crippen LogP contribution in [0.2, 0.25) is 0 Å². The maximum Gasteiger partial charge on any atom is 0.407 e. The van der Waals surface area contributed by atoms with E-state index in [-0.39, 0.29) is 17.6 Å². The van der Waals surface area contributed by atoms with Gasteiger partial charge in [0.2, 0.25) is 5.91 Å². The predicted molar refractivity (Wildman–Crippen MR) is 106 cm³/mol. The molecule has 1 aliphatic rings. The first-order chi connectivity index (χ1) is 12.6. The Morgan fingerprint density at radius 1 is 1.30 bits per heavy atom. The monoisotopic (exact) mass is 443 g/mol. The molecule has 1 heterocycles. The third kappa shape index (κ3) is 7.84. The molecule has 0 aromatic heterocycles. The molecule has 150 valence electrons. The van der Waals surface area contributed by atoms with Crippen LogP contribution in [0.3, 0.4) is 0 Å². The topological polar surface area (TPSA) is 70.7 Å². The van der Waals surface area contributed by atoms with Gasteiger partial charge in [-0.25, -0.2) is 9.18 Å². The molecule has 0 spiro atoms. The number of hydrogen-bond acceptors (Lipinski definition) is 4. The van der Waals surface area contributed by atoms with Gasteiger partial charge in [-0.05, 0) is 51.8 Å². The first-order valence-corrected chi connectivity index (χ1v) is 9.88. The normalized spacial score (nSPS) is 16.0. The van der Waals surface area contributed by atoms with E-state index < -0.39 is 17.5 Å². The number of ether oxygens (including phenoxy) is 1. The van der Waals surface area contributed by atoms with Gasteiger partial charge in [0.25, 0.3) is 0 Å². The second kappa shape index (κ2) is 9.50. The first kappa shape index (κ1) is 21.6. The fourth-order valence-electron chi connectivity index (χ4n) is 2.84. The molecule has 0 bridgehead atoms. The standard InChI is InChI=1S/C19H27BrFN3O3/c1-19(2,3)27-18(26)22-14-6-9-24(10-7-14)11-8-17(25)23-16-5-4-13(20)12-15(16)21/h4-5,12,14H,6-11H2,1-3H3,(H,22,26)(H,23,25). The maximum absolute atomic E-state index is 13.8. The number of likely N-dealkylation sites (tertiary alicyclic amines) is 1. The van der Waals surface area contributed by atoms with Crippen molar-refractivity contribution in [3.63, 3.8) is 0 Å². The van der Waals surface area contributed by atoms with E-state index in [1.54, 1.807) is 6.07 Å². The molecule has 0 atom stereocenters. The lowest BCUT2D eigenvalue weighted by atomic mass is 10.1. The van der Waals surface area contributed by atoms with Gasteiger partial charge < -0.3 is 20.3 Å². The number of benzene rings is 1. The van der Waals surface area contributed by atoms with Gasteiger partial charge >= 0.3 is 6.09 Å². The third-order valence-corrected chi connectivity index (χ3v) is 4.66. The van der Waals surface area contributed by atoms with Crippen molar-refractivity contribution in [2.24, 2.45) is 0 Å². The summed E-state index contributed by atoms with van der Waals surface area (Å²) in [5.74, 6) is -0.683. The number of halogens is 2. The van der Waals surface area contributed by atoms with Crippen molar-refractivity contribution >= 4 is 33.6 Å². The van der Waals surface area contributed by atoms with Crippen LogP contribution in [0.1, 0.15) is 40.0 Å². The number of hydrogen-bond donors (Lipinski definition) is 2. The van der Waals surface area contributed by atoms with Crippen molar-refractivity contribution in [3.8, 4) is 0 Å². The van der Waals surface area contributed by atoms with Crippen LogP contribution in [0, 0.1) is 5.82 Å². The molecule has 1 aliphatic heterocycles. The second-order valence-electron chi connectivity index (χ2n) is 7.68. The number of amides is 2. The molecule has 0 radical (unpaired) electrons. The molecule has 8 heteroatoms. The zero-order valence-corrected chi connectivity index (χ0v) is 17.6. The summed E-state index contributed by atoms with van der Waals surface area (Å²) >= 11 is 3.19. The van der Waals surface area contributed by atoms with Crippen LogP contribution in [0.5, 0.6) is 0 Å². The molecular weight excluding hydrogens is 417 g/mol. The highest BCUT2D eigenvalue weighted by Crippen LogP contribution is 2.19. The first-order valence-electron chi connectivity index (χ1n) is 9.09. The van der Waals surface area contributed by atoms with Gasteiger partial charge in [0, 0.05) is 36.6 Å². The third-order valence-electron chi connectivity index (χ3n) is 4.17. The van der Waals surface area contributed by atoms with Crippen molar-refractivity contribution in [2.75, 3.05) is 25.0 Å². The lowest BCUT2D eigenvalue weighted by Gasteiger charge is -2.32. The van der Waals surface area contributed by atoms with E-state index in [4.69, 9.17) is 4.74 Å². The molecule has 1 aromatic rings. The quantitative estimate of drug-likeness (QED) is 0.723. The number of carbonyl (C=O) groups excluding carboxylic acids is 2. The number of anilines is 1. The number of piperidine rings is 1. The summed E-state index contributed by atoms with van der Waals surface area (Å²) in [7, 11) is 0. The van der Waals surface area contributed by atoms with E-state index in [1.165, 1.54) is 12.1 Å². The molecule has 6 nitrogen and oxygen atoms in total. The SMILES string of the molecule is CC(C)(C)OC(=O)NC1CCN(CCC(=O)Nc2ccc(Br)cc2F)CC1. The highest BCUT2D eigenvalue weighted by Gasteiger charge is 2.23. The Kier molecular flexibility index (Phi) is 7.61. The zero-order valence-electron chi connectivity index (χ0n) is 16.0. The Morgan fingerprint density at radius 2 is 1.96 bits per heavy atom. The Bertz CT molecular complexity index is 671. The fourth-order valence-corrected chi connectivity index (χ4v) is 3.17. The predicted octanol–water partition coefficient (Wildman–Crippen LogP) is 3.91. The van der Waals surface area contributed by atoms with Crippen LogP contribution < -0.4 is 10.6 Å². The van der Waals surface area contributed by atoms with Crippen LogP contribution in [0.25, 0.3) is 0 Å². The van der Waals surface area contributed by atoms with Crippen LogP contribution in [0.4, 0.5) is 14.9 Å². The van der Waals surface area contributed by atoms with E-state index in [0.29, 0.717) is 17.4 Å². The van der Waals surface area contributed by atoms with Crippen molar-refractivity contribution < 1.29 is 18.7 Å². The minimum atomic E-state index is -0.507. The van der Waals surface area contributed by atoms with Gasteiger partial charge in [0.15, 0.2) is 0 Å². The second-order valence-corrected chi connectivity index (χ2v) is 8.60. The van der Waals surface area contributed by atoms with E-state index in [1.807, 2.05) is 20.8 Å². The molecule has 2 rings (SSSR count). The maximum atomic E-state index is 13.8. The number of rotatable bonds is 5. The van der Waals surface area contributed by atoms with Crippen LogP contribution in [-0.4, -0.2) is 48.2 Å². The van der Waals surface area contributed by atoms with Crippen LogP contribution in [-0.2, 0) is 9.53 Å². The summed E-state index contributed by atoms with van der Waals surface area (Å²) in [4.78, 5) is 26.0. The fraction of sp³-hybridized carbons (Fsp3) is 0.579. The van der Waals surface area contributed by atoms with Crippen molar-refractivity contribution in [1.82, 2.24) is 10.2 Å². The summed E-state index contributed by atoms with van der Waals surface area (Å²) < 4.78 is 19.7. The molecule has 1 saturated heterocycles. The molecule has 0 unspecified atom stereocenters.